The second-order valence-corrected chi connectivity index (χ2v) is 4.74. The number of nitrogens with one attached hydrogen (secondary N) is 2. The molecule has 0 aromatic carbocycles. The molecule has 0 aromatic heterocycles. The van der Waals surface area contributed by atoms with Gasteiger partial charge in [0.25, 0.3) is 0 Å². The van der Waals surface area contributed by atoms with Gasteiger partial charge in [-0.3, -0.25) is 4.90 Å². The van der Waals surface area contributed by atoms with Crippen LogP contribution in [0.5, 0.6) is 0 Å². The van der Waals surface area contributed by atoms with Gasteiger partial charge in [-0.1, -0.05) is 0 Å². The Balaban J connectivity index is 1.97. The molecule has 2 aliphatic heterocycles. The zero-order chi connectivity index (χ0) is 11.4. The van der Waals surface area contributed by atoms with Crippen molar-refractivity contribution in [2.24, 2.45) is 0 Å². The maximum Gasteiger partial charge on any atom is 0.0831 e. The van der Waals surface area contributed by atoms with Crippen LogP contribution in [0.25, 0.3) is 0 Å². The molecule has 2 aliphatic rings. The Labute approximate surface area is 96.8 Å². The summed E-state index contributed by atoms with van der Waals surface area (Å²) < 4.78 is 0. The first-order chi connectivity index (χ1) is 7.83. The standard InChI is InChI=1S/C11H23N3O2/c15-6-5-14(9-1-3-12-4-2-9)10-7-13-8-11(10)16/h9-13,15-16H,1-8H2/t10-,11-/m1/s1. The summed E-state index contributed by atoms with van der Waals surface area (Å²) in [4.78, 5) is 2.30. The molecule has 0 saturated carbocycles. The van der Waals surface area contributed by atoms with Crippen molar-refractivity contribution in [1.82, 2.24) is 15.5 Å². The molecule has 0 spiro atoms. The van der Waals surface area contributed by atoms with E-state index in [1.54, 1.807) is 0 Å². The van der Waals surface area contributed by atoms with E-state index in [0.29, 0.717) is 19.1 Å². The third-order valence-electron chi connectivity index (χ3n) is 3.71. The number of piperidine rings is 1. The van der Waals surface area contributed by atoms with Crippen LogP contribution in [0.15, 0.2) is 0 Å². The van der Waals surface area contributed by atoms with Crippen LogP contribution in [0.3, 0.4) is 0 Å². The lowest BCUT2D eigenvalue weighted by molar-refractivity contribution is 0.0316. The van der Waals surface area contributed by atoms with Gasteiger partial charge in [0.1, 0.15) is 0 Å². The fraction of sp³-hybridized carbons (Fsp3) is 1.00. The fourth-order valence-corrected chi connectivity index (χ4v) is 2.86. The maximum absolute atomic E-state index is 9.92. The quantitative estimate of drug-likeness (QED) is 0.466. The molecule has 4 N–H and O–H groups in total. The lowest BCUT2D eigenvalue weighted by Crippen LogP contribution is -2.53. The highest BCUT2D eigenvalue weighted by Gasteiger charge is 2.34. The van der Waals surface area contributed by atoms with Crippen LogP contribution >= 0.6 is 0 Å². The summed E-state index contributed by atoms with van der Waals surface area (Å²) in [5.41, 5.74) is 0. The Bertz CT molecular complexity index is 209. The highest BCUT2D eigenvalue weighted by atomic mass is 16.3. The molecule has 94 valence electrons. The first kappa shape index (κ1) is 12.3. The van der Waals surface area contributed by atoms with Crippen molar-refractivity contribution in [3.63, 3.8) is 0 Å². The highest BCUT2D eigenvalue weighted by Crippen LogP contribution is 2.18. The topological polar surface area (TPSA) is 67.8 Å². The monoisotopic (exact) mass is 229 g/mol. The minimum Gasteiger partial charge on any atom is -0.395 e. The van der Waals surface area contributed by atoms with E-state index in [2.05, 4.69) is 15.5 Å². The Morgan fingerprint density at radius 3 is 2.44 bits per heavy atom. The van der Waals surface area contributed by atoms with Gasteiger partial charge < -0.3 is 20.8 Å². The average molecular weight is 229 g/mol. The van der Waals surface area contributed by atoms with Crippen LogP contribution in [0.4, 0.5) is 0 Å². The Morgan fingerprint density at radius 1 is 1.12 bits per heavy atom. The van der Waals surface area contributed by atoms with Crippen molar-refractivity contribution < 1.29 is 10.2 Å². The number of hydrogen-bond donors (Lipinski definition) is 4. The van der Waals surface area contributed by atoms with Crippen molar-refractivity contribution >= 4 is 0 Å². The molecule has 0 aliphatic carbocycles. The molecule has 16 heavy (non-hydrogen) atoms. The molecule has 0 amide bonds. The molecular weight excluding hydrogens is 206 g/mol. The Morgan fingerprint density at radius 2 is 1.88 bits per heavy atom. The lowest BCUT2D eigenvalue weighted by atomic mass is 10.0. The molecular formula is C11H23N3O2. The molecule has 0 aromatic rings. The largest absolute Gasteiger partial charge is 0.395 e. The van der Waals surface area contributed by atoms with E-state index in [0.717, 1.165) is 32.5 Å². The lowest BCUT2D eigenvalue weighted by Gasteiger charge is -2.39. The fourth-order valence-electron chi connectivity index (χ4n) is 2.86. The van der Waals surface area contributed by atoms with Gasteiger partial charge >= 0.3 is 0 Å². The van der Waals surface area contributed by atoms with Crippen LogP contribution in [0, 0.1) is 0 Å². The summed E-state index contributed by atoms with van der Waals surface area (Å²) in [6.45, 7) is 4.45. The number of hydrogen-bond acceptors (Lipinski definition) is 5. The minimum absolute atomic E-state index is 0.174. The molecule has 0 bridgehead atoms. The third kappa shape index (κ3) is 2.73. The van der Waals surface area contributed by atoms with E-state index >= 15 is 0 Å². The van der Waals surface area contributed by atoms with Crippen LogP contribution in [-0.4, -0.2) is 72.6 Å². The molecule has 2 fully saturated rings. The molecule has 2 saturated heterocycles. The summed E-state index contributed by atoms with van der Waals surface area (Å²) >= 11 is 0. The smallest absolute Gasteiger partial charge is 0.0831 e. The Hall–Kier alpha value is -0.200. The van der Waals surface area contributed by atoms with Crippen LogP contribution in [0.1, 0.15) is 12.8 Å². The molecule has 0 radical (unpaired) electrons. The minimum atomic E-state index is -0.290. The first-order valence-corrected chi connectivity index (χ1v) is 6.29. The molecule has 2 atom stereocenters. The van der Waals surface area contributed by atoms with E-state index in [1.807, 2.05) is 0 Å². The number of aliphatic hydroxyl groups excluding tert-OH is 2. The summed E-state index contributed by atoms with van der Waals surface area (Å²) in [6, 6.07) is 0.684. The van der Waals surface area contributed by atoms with Gasteiger partial charge in [-0.2, -0.15) is 0 Å². The van der Waals surface area contributed by atoms with Crippen LogP contribution < -0.4 is 10.6 Å². The molecule has 2 heterocycles. The third-order valence-corrected chi connectivity index (χ3v) is 3.71. The SMILES string of the molecule is OCCN(C1CCNCC1)[C@@H]1CNC[C@H]1O. The van der Waals surface area contributed by atoms with E-state index in [9.17, 15) is 5.11 Å². The van der Waals surface area contributed by atoms with Gasteiger partial charge in [-0.05, 0) is 25.9 Å². The van der Waals surface area contributed by atoms with Crippen LogP contribution in [-0.2, 0) is 0 Å². The second-order valence-electron chi connectivity index (χ2n) is 4.74. The molecule has 2 rings (SSSR count). The van der Waals surface area contributed by atoms with Gasteiger partial charge in [-0.25, -0.2) is 0 Å². The zero-order valence-electron chi connectivity index (χ0n) is 9.73. The van der Waals surface area contributed by atoms with Crippen molar-refractivity contribution in [2.45, 2.75) is 31.0 Å². The number of nitrogens with zero attached hydrogens (tertiary/aromatic N) is 1. The number of aliphatic hydroxyl groups is 2. The van der Waals surface area contributed by atoms with E-state index in [1.165, 1.54) is 0 Å². The van der Waals surface area contributed by atoms with Gasteiger partial charge in [-0.15, -0.1) is 0 Å². The van der Waals surface area contributed by atoms with Crippen LogP contribution in [0.2, 0.25) is 0 Å². The van der Waals surface area contributed by atoms with Crippen molar-refractivity contribution in [2.75, 3.05) is 39.3 Å². The number of β-amino-alcohol motifs (C(OH)–C–C–N with tert-alkyl or cyclic N) is 1. The number of rotatable bonds is 4. The van der Waals surface area contributed by atoms with Crippen molar-refractivity contribution in [3.8, 4) is 0 Å². The van der Waals surface area contributed by atoms with E-state index < -0.39 is 0 Å². The summed E-state index contributed by atoms with van der Waals surface area (Å²) in [5, 5.41) is 25.6. The van der Waals surface area contributed by atoms with Gasteiger partial charge in [0, 0.05) is 31.7 Å². The highest BCUT2D eigenvalue weighted by molar-refractivity contribution is 4.92. The first-order valence-electron chi connectivity index (χ1n) is 6.29. The van der Waals surface area contributed by atoms with Gasteiger partial charge in [0.2, 0.25) is 0 Å². The van der Waals surface area contributed by atoms with Crippen molar-refractivity contribution in [3.05, 3.63) is 0 Å². The summed E-state index contributed by atoms with van der Waals surface area (Å²) in [6.07, 6.45) is 1.94. The maximum atomic E-state index is 9.92. The van der Waals surface area contributed by atoms with Crippen molar-refractivity contribution in [1.29, 1.82) is 0 Å². The molecule has 5 nitrogen and oxygen atoms in total. The predicted molar refractivity (Wildman–Crippen MR) is 62.3 cm³/mol. The van der Waals surface area contributed by atoms with E-state index in [4.69, 9.17) is 5.11 Å². The molecule has 5 heteroatoms. The zero-order valence-corrected chi connectivity index (χ0v) is 9.73. The Kier molecular flexibility index (Phi) is 4.55. The van der Waals surface area contributed by atoms with Gasteiger partial charge in [0.05, 0.1) is 12.7 Å². The normalized spacial score (nSPS) is 32.4. The second kappa shape index (κ2) is 5.93. The van der Waals surface area contributed by atoms with Gasteiger partial charge in [0.15, 0.2) is 0 Å². The average Bonchev–Trinajstić information content (AvgIpc) is 2.73. The summed E-state index contributed by atoms with van der Waals surface area (Å²) in [7, 11) is 0. The van der Waals surface area contributed by atoms with E-state index in [-0.39, 0.29) is 18.8 Å². The molecule has 0 unspecified atom stereocenters. The summed E-state index contributed by atoms with van der Waals surface area (Å²) in [5.74, 6) is 0. The predicted octanol–water partition coefficient (Wildman–Crippen LogP) is -1.63.